The van der Waals surface area contributed by atoms with Gasteiger partial charge in [0.15, 0.2) is 0 Å². The first-order valence-electron chi connectivity index (χ1n) is 6.84. The molecule has 2 aromatic carbocycles. The number of benzene rings is 2. The molecule has 0 spiro atoms. The summed E-state index contributed by atoms with van der Waals surface area (Å²) in [4.78, 5) is 0. The fraction of sp³-hybridized carbons (Fsp3) is 0.294. The van der Waals surface area contributed by atoms with E-state index in [2.05, 4.69) is 0 Å². The van der Waals surface area contributed by atoms with E-state index in [-0.39, 0.29) is 17.5 Å². The van der Waals surface area contributed by atoms with Gasteiger partial charge in [-0.05, 0) is 42.7 Å². The summed E-state index contributed by atoms with van der Waals surface area (Å²) < 4.78 is 13.2. The maximum absolute atomic E-state index is 13.2. The summed E-state index contributed by atoms with van der Waals surface area (Å²) in [6, 6.07) is 10.1. The van der Waals surface area contributed by atoms with Crippen molar-refractivity contribution < 1.29 is 9.50 Å². The van der Waals surface area contributed by atoms with Crippen LogP contribution < -0.4 is 5.73 Å². The summed E-state index contributed by atoms with van der Waals surface area (Å²) in [6.07, 6.45) is -0.780. The van der Waals surface area contributed by atoms with Gasteiger partial charge in [0.1, 0.15) is 5.82 Å². The topological polar surface area (TPSA) is 46.2 Å². The van der Waals surface area contributed by atoms with Gasteiger partial charge >= 0.3 is 0 Å². The normalized spacial score (nSPS) is 14.0. The van der Waals surface area contributed by atoms with E-state index in [1.807, 2.05) is 32.0 Å². The third-order valence-corrected chi connectivity index (χ3v) is 4.08. The molecule has 0 fully saturated rings. The van der Waals surface area contributed by atoms with Crippen molar-refractivity contribution in [2.45, 2.75) is 25.9 Å². The van der Waals surface area contributed by atoms with E-state index in [0.717, 1.165) is 16.7 Å². The highest BCUT2D eigenvalue weighted by Gasteiger charge is 2.25. The van der Waals surface area contributed by atoms with Crippen molar-refractivity contribution in [3.05, 3.63) is 69.5 Å². The smallest absolute Gasteiger partial charge is 0.124 e. The molecular weight excluding hydrogens is 289 g/mol. The van der Waals surface area contributed by atoms with Crippen LogP contribution in [0.4, 0.5) is 4.39 Å². The fourth-order valence-electron chi connectivity index (χ4n) is 2.52. The summed E-state index contributed by atoms with van der Waals surface area (Å²) in [5.74, 6) is -0.778. The van der Waals surface area contributed by atoms with Crippen LogP contribution >= 0.6 is 11.6 Å². The lowest BCUT2D eigenvalue weighted by atomic mass is 9.87. The Morgan fingerprint density at radius 1 is 1.14 bits per heavy atom. The van der Waals surface area contributed by atoms with Gasteiger partial charge in [0, 0.05) is 17.5 Å². The highest BCUT2D eigenvalue weighted by molar-refractivity contribution is 6.31. The van der Waals surface area contributed by atoms with Gasteiger partial charge in [-0.25, -0.2) is 4.39 Å². The number of nitrogens with two attached hydrogens (primary N) is 1. The zero-order valence-electron chi connectivity index (χ0n) is 12.1. The van der Waals surface area contributed by atoms with E-state index in [0.29, 0.717) is 5.56 Å². The summed E-state index contributed by atoms with van der Waals surface area (Å²) in [5.41, 5.74) is 9.37. The number of halogens is 2. The molecule has 2 atom stereocenters. The summed E-state index contributed by atoms with van der Waals surface area (Å²) in [6.45, 7) is 4.13. The van der Waals surface area contributed by atoms with E-state index in [1.165, 1.54) is 12.1 Å². The molecule has 2 unspecified atom stereocenters. The highest BCUT2D eigenvalue weighted by Crippen LogP contribution is 2.35. The molecule has 0 heterocycles. The summed E-state index contributed by atoms with van der Waals surface area (Å²) >= 11 is 6.10. The van der Waals surface area contributed by atoms with Crippen LogP contribution in [0.2, 0.25) is 5.02 Å². The summed E-state index contributed by atoms with van der Waals surface area (Å²) in [5, 5.41) is 11.0. The second kappa shape index (κ2) is 6.56. The van der Waals surface area contributed by atoms with Gasteiger partial charge in [-0.15, -0.1) is 0 Å². The molecule has 0 aliphatic rings. The molecule has 0 amide bonds. The van der Waals surface area contributed by atoms with Gasteiger partial charge in [0.05, 0.1) is 6.10 Å². The van der Waals surface area contributed by atoms with E-state index in [9.17, 15) is 9.50 Å². The molecule has 0 aliphatic carbocycles. The van der Waals surface area contributed by atoms with Crippen molar-refractivity contribution in [1.82, 2.24) is 0 Å². The van der Waals surface area contributed by atoms with Crippen molar-refractivity contribution >= 4 is 11.6 Å². The minimum Gasteiger partial charge on any atom is -0.388 e. The number of aliphatic hydroxyl groups is 1. The van der Waals surface area contributed by atoms with Crippen molar-refractivity contribution in [1.29, 1.82) is 0 Å². The number of hydrogen-bond donors (Lipinski definition) is 2. The van der Waals surface area contributed by atoms with Crippen molar-refractivity contribution in [3.63, 3.8) is 0 Å². The lowest BCUT2D eigenvalue weighted by Crippen LogP contribution is -2.21. The minimum atomic E-state index is -0.780. The molecule has 0 aromatic heterocycles. The van der Waals surface area contributed by atoms with Gasteiger partial charge in [-0.2, -0.15) is 0 Å². The first-order chi connectivity index (χ1) is 9.93. The van der Waals surface area contributed by atoms with Gasteiger partial charge < -0.3 is 10.8 Å². The Morgan fingerprint density at radius 3 is 2.48 bits per heavy atom. The average molecular weight is 308 g/mol. The lowest BCUT2D eigenvalue weighted by molar-refractivity contribution is 0.146. The second-order valence-corrected chi connectivity index (χ2v) is 5.72. The van der Waals surface area contributed by atoms with Crippen LogP contribution in [0.25, 0.3) is 0 Å². The standard InChI is InChI=1S/C17H19ClFNO/c1-10-3-4-11(2)14(7-10)17(21)15(9-20)13-6-5-12(19)8-16(13)18/h3-8,15,17,21H,9,20H2,1-2H3. The predicted molar refractivity (Wildman–Crippen MR) is 84.1 cm³/mol. The monoisotopic (exact) mass is 307 g/mol. The molecular formula is C17H19ClFNO. The van der Waals surface area contributed by atoms with Crippen LogP contribution in [-0.4, -0.2) is 11.7 Å². The molecule has 2 nitrogen and oxygen atoms in total. The van der Waals surface area contributed by atoms with Crippen molar-refractivity contribution in [2.75, 3.05) is 6.54 Å². The van der Waals surface area contributed by atoms with E-state index >= 15 is 0 Å². The number of rotatable bonds is 4. The van der Waals surface area contributed by atoms with Crippen LogP contribution in [-0.2, 0) is 0 Å². The molecule has 2 rings (SSSR count). The first-order valence-corrected chi connectivity index (χ1v) is 7.22. The van der Waals surface area contributed by atoms with Crippen LogP contribution in [0.1, 0.15) is 34.3 Å². The van der Waals surface area contributed by atoms with E-state index < -0.39 is 11.9 Å². The third kappa shape index (κ3) is 3.43. The molecule has 0 saturated carbocycles. The fourth-order valence-corrected chi connectivity index (χ4v) is 2.83. The number of aliphatic hydroxyl groups excluding tert-OH is 1. The molecule has 0 radical (unpaired) electrons. The lowest BCUT2D eigenvalue weighted by Gasteiger charge is -2.25. The predicted octanol–water partition coefficient (Wildman–Crippen LogP) is 3.87. The Balaban J connectivity index is 2.43. The van der Waals surface area contributed by atoms with E-state index in [1.54, 1.807) is 6.07 Å². The molecule has 4 heteroatoms. The molecule has 0 saturated heterocycles. The molecule has 2 aromatic rings. The molecule has 0 bridgehead atoms. The largest absolute Gasteiger partial charge is 0.388 e. The Labute approximate surface area is 129 Å². The Bertz CT molecular complexity index is 645. The summed E-state index contributed by atoms with van der Waals surface area (Å²) in [7, 11) is 0. The van der Waals surface area contributed by atoms with Gasteiger partial charge in [-0.1, -0.05) is 41.4 Å². The van der Waals surface area contributed by atoms with Crippen LogP contribution in [0, 0.1) is 19.7 Å². The Kier molecular flexibility index (Phi) is 4.99. The zero-order chi connectivity index (χ0) is 15.6. The molecule has 0 aliphatic heterocycles. The third-order valence-electron chi connectivity index (χ3n) is 3.75. The second-order valence-electron chi connectivity index (χ2n) is 5.31. The minimum absolute atomic E-state index is 0.222. The molecule has 21 heavy (non-hydrogen) atoms. The highest BCUT2D eigenvalue weighted by atomic mass is 35.5. The van der Waals surface area contributed by atoms with Crippen molar-refractivity contribution in [3.8, 4) is 0 Å². The molecule has 112 valence electrons. The van der Waals surface area contributed by atoms with Crippen LogP contribution in [0.3, 0.4) is 0 Å². The van der Waals surface area contributed by atoms with E-state index in [4.69, 9.17) is 17.3 Å². The Hall–Kier alpha value is -1.42. The zero-order valence-corrected chi connectivity index (χ0v) is 12.9. The Morgan fingerprint density at radius 2 is 1.86 bits per heavy atom. The van der Waals surface area contributed by atoms with Crippen molar-refractivity contribution in [2.24, 2.45) is 5.73 Å². The average Bonchev–Trinajstić information content (AvgIpc) is 2.44. The first kappa shape index (κ1) is 16.0. The SMILES string of the molecule is Cc1ccc(C)c(C(O)C(CN)c2ccc(F)cc2Cl)c1. The van der Waals surface area contributed by atoms with Gasteiger partial charge in [-0.3, -0.25) is 0 Å². The maximum Gasteiger partial charge on any atom is 0.124 e. The van der Waals surface area contributed by atoms with Gasteiger partial charge in [0.2, 0.25) is 0 Å². The number of aryl methyl sites for hydroxylation is 2. The van der Waals surface area contributed by atoms with Crippen LogP contribution in [0.15, 0.2) is 36.4 Å². The van der Waals surface area contributed by atoms with Gasteiger partial charge in [0.25, 0.3) is 0 Å². The maximum atomic E-state index is 13.2. The number of hydrogen-bond acceptors (Lipinski definition) is 2. The van der Waals surface area contributed by atoms with Crippen LogP contribution in [0.5, 0.6) is 0 Å². The molecule has 3 N–H and O–H groups in total. The quantitative estimate of drug-likeness (QED) is 0.900.